The van der Waals surface area contributed by atoms with Crippen LogP contribution in [0.15, 0.2) is 47.2 Å². The second-order valence-corrected chi connectivity index (χ2v) is 9.88. The van der Waals surface area contributed by atoms with Crippen LogP contribution in [0.4, 0.5) is 0 Å². The number of ether oxygens (including phenoxy) is 2. The number of rotatable bonds is 12. The third-order valence-electron chi connectivity index (χ3n) is 5.43. The molecule has 36 heavy (non-hydrogen) atoms. The van der Waals surface area contributed by atoms with Crippen molar-refractivity contribution in [2.24, 2.45) is 0 Å². The summed E-state index contributed by atoms with van der Waals surface area (Å²) < 4.78 is 17.7. The fourth-order valence-corrected chi connectivity index (χ4v) is 3.83. The van der Waals surface area contributed by atoms with Crippen molar-refractivity contribution in [1.82, 2.24) is 9.97 Å². The van der Waals surface area contributed by atoms with Gasteiger partial charge in [-0.1, -0.05) is 37.3 Å². The lowest BCUT2D eigenvalue weighted by molar-refractivity contribution is -0.155. The van der Waals surface area contributed by atoms with Crippen molar-refractivity contribution < 1.29 is 23.5 Å². The van der Waals surface area contributed by atoms with Gasteiger partial charge in [0.2, 0.25) is 11.6 Å². The Morgan fingerprint density at radius 3 is 2.53 bits per heavy atom. The van der Waals surface area contributed by atoms with Gasteiger partial charge in [-0.3, -0.25) is 9.59 Å². The van der Waals surface area contributed by atoms with Gasteiger partial charge in [0.1, 0.15) is 23.1 Å². The predicted octanol–water partition coefficient (Wildman–Crippen LogP) is 6.94. The van der Waals surface area contributed by atoms with Crippen LogP contribution in [0.3, 0.4) is 0 Å². The first kappa shape index (κ1) is 27.1. The second kappa shape index (κ2) is 12.5. The van der Waals surface area contributed by atoms with Crippen molar-refractivity contribution in [3.63, 3.8) is 0 Å². The number of aromatic nitrogens is 2. The van der Waals surface area contributed by atoms with Crippen LogP contribution in [0.25, 0.3) is 28.5 Å². The Morgan fingerprint density at radius 1 is 1.08 bits per heavy atom. The summed E-state index contributed by atoms with van der Waals surface area (Å²) in [4.78, 5) is 32.9. The van der Waals surface area contributed by atoms with Gasteiger partial charge < -0.3 is 13.9 Å². The molecule has 0 spiro atoms. The molecule has 0 aliphatic heterocycles. The minimum atomic E-state index is -0.470. The number of furan rings is 1. The van der Waals surface area contributed by atoms with Crippen LogP contribution in [0.1, 0.15) is 78.7 Å². The van der Waals surface area contributed by atoms with E-state index in [9.17, 15) is 9.59 Å². The van der Waals surface area contributed by atoms with Crippen LogP contribution in [0.5, 0.6) is 5.88 Å². The molecular weight excluding hydrogens is 456 g/mol. The molecule has 0 fully saturated rings. The summed E-state index contributed by atoms with van der Waals surface area (Å²) in [5.74, 6) is 0.882. The molecule has 1 aromatic carbocycles. The summed E-state index contributed by atoms with van der Waals surface area (Å²) in [7, 11) is 0. The number of benzene rings is 1. The number of fused-ring (bicyclic) bond motifs is 1. The molecule has 0 unspecified atom stereocenters. The lowest BCUT2D eigenvalue weighted by atomic mass is 10.1. The standard InChI is InChI=1S/C29H36N2O5/c1-6-12-22(32)17-18-23-25-27(34-20(2)13-10-11-16-24(33)36-29(3,4)5)30-19-31-28(25)35-26(23)21-14-8-7-9-15-21/h7-9,14-15,17-20H,6,10-13,16H2,1-5H3/t20-/m1/s1. The second-order valence-electron chi connectivity index (χ2n) is 9.88. The normalized spacial score (nSPS) is 12.7. The summed E-state index contributed by atoms with van der Waals surface area (Å²) in [6.07, 6.45) is 8.55. The molecule has 0 bridgehead atoms. The highest BCUT2D eigenvalue weighted by molar-refractivity contribution is 6.00. The molecular formula is C29H36N2O5. The summed E-state index contributed by atoms with van der Waals surface area (Å²) in [6.45, 7) is 9.55. The summed E-state index contributed by atoms with van der Waals surface area (Å²) in [6, 6.07) is 9.70. The smallest absolute Gasteiger partial charge is 0.306 e. The van der Waals surface area contributed by atoms with Gasteiger partial charge in [-0.05, 0) is 65.5 Å². The van der Waals surface area contributed by atoms with Crippen LogP contribution < -0.4 is 4.74 Å². The number of unbranched alkanes of at least 4 members (excludes halogenated alkanes) is 1. The van der Waals surface area contributed by atoms with E-state index in [0.29, 0.717) is 41.1 Å². The van der Waals surface area contributed by atoms with Crippen molar-refractivity contribution in [2.45, 2.75) is 84.8 Å². The van der Waals surface area contributed by atoms with Crippen molar-refractivity contribution in [2.75, 3.05) is 0 Å². The molecule has 2 heterocycles. The number of ketones is 1. The first-order valence-corrected chi connectivity index (χ1v) is 12.6. The Kier molecular flexibility index (Phi) is 9.39. The zero-order chi connectivity index (χ0) is 26.1. The van der Waals surface area contributed by atoms with Crippen LogP contribution in [0, 0.1) is 0 Å². The average molecular weight is 493 g/mol. The minimum absolute atomic E-state index is 0.0449. The third-order valence-corrected chi connectivity index (χ3v) is 5.43. The van der Waals surface area contributed by atoms with Crippen molar-refractivity contribution >= 4 is 28.9 Å². The number of nitrogens with zero attached hydrogens (tertiary/aromatic N) is 2. The molecule has 7 heteroatoms. The maximum Gasteiger partial charge on any atom is 0.306 e. The zero-order valence-corrected chi connectivity index (χ0v) is 21.9. The van der Waals surface area contributed by atoms with E-state index in [1.807, 2.05) is 65.0 Å². The van der Waals surface area contributed by atoms with Gasteiger partial charge in [0.25, 0.3) is 0 Å². The van der Waals surface area contributed by atoms with E-state index >= 15 is 0 Å². The maximum atomic E-state index is 12.2. The van der Waals surface area contributed by atoms with Gasteiger partial charge in [-0.25, -0.2) is 9.97 Å². The Hall–Kier alpha value is -3.48. The molecule has 0 amide bonds. The van der Waals surface area contributed by atoms with Gasteiger partial charge in [0.15, 0.2) is 5.78 Å². The molecule has 0 radical (unpaired) electrons. The lowest BCUT2D eigenvalue weighted by Crippen LogP contribution is -2.23. The van der Waals surface area contributed by atoms with E-state index in [4.69, 9.17) is 13.9 Å². The van der Waals surface area contributed by atoms with E-state index in [-0.39, 0.29) is 17.9 Å². The van der Waals surface area contributed by atoms with Crippen molar-refractivity contribution in [1.29, 1.82) is 0 Å². The highest BCUT2D eigenvalue weighted by atomic mass is 16.6. The van der Waals surface area contributed by atoms with E-state index in [2.05, 4.69) is 9.97 Å². The molecule has 192 valence electrons. The van der Waals surface area contributed by atoms with Crippen LogP contribution in [-0.2, 0) is 14.3 Å². The molecule has 3 rings (SSSR count). The molecule has 0 N–H and O–H groups in total. The largest absolute Gasteiger partial charge is 0.474 e. The monoisotopic (exact) mass is 492 g/mol. The molecule has 0 saturated carbocycles. The summed E-state index contributed by atoms with van der Waals surface area (Å²) >= 11 is 0. The van der Waals surface area contributed by atoms with E-state index in [1.54, 1.807) is 12.2 Å². The van der Waals surface area contributed by atoms with E-state index in [1.165, 1.54) is 6.33 Å². The molecule has 1 atom stereocenters. The van der Waals surface area contributed by atoms with Gasteiger partial charge in [0, 0.05) is 24.0 Å². The van der Waals surface area contributed by atoms with Gasteiger partial charge in [0.05, 0.1) is 6.10 Å². The number of hydrogen-bond donors (Lipinski definition) is 0. The SMILES string of the molecule is CCCC(=O)C=Cc1c(-c2ccccc2)oc2ncnc(O[C@H](C)CCCCC(=O)OC(C)(C)C)c12. The number of allylic oxidation sites excluding steroid dienone is 1. The fourth-order valence-electron chi connectivity index (χ4n) is 3.83. The first-order chi connectivity index (χ1) is 17.2. The topological polar surface area (TPSA) is 91.5 Å². The Labute approximate surface area is 212 Å². The average Bonchev–Trinajstić information content (AvgIpc) is 3.20. The molecule has 0 saturated heterocycles. The minimum Gasteiger partial charge on any atom is -0.474 e. The lowest BCUT2D eigenvalue weighted by Gasteiger charge is -2.19. The predicted molar refractivity (Wildman–Crippen MR) is 141 cm³/mol. The van der Waals surface area contributed by atoms with Crippen molar-refractivity contribution in [3.8, 4) is 17.2 Å². The number of carbonyl (C=O) groups excluding carboxylic acids is 2. The Bertz CT molecular complexity index is 1190. The van der Waals surface area contributed by atoms with Gasteiger partial charge >= 0.3 is 5.97 Å². The van der Waals surface area contributed by atoms with Crippen LogP contribution >= 0.6 is 0 Å². The summed E-state index contributed by atoms with van der Waals surface area (Å²) in [5, 5.41) is 0.637. The van der Waals surface area contributed by atoms with Gasteiger partial charge in [-0.2, -0.15) is 0 Å². The number of carbonyl (C=O) groups is 2. The van der Waals surface area contributed by atoms with Crippen molar-refractivity contribution in [3.05, 3.63) is 48.3 Å². The number of esters is 1. The van der Waals surface area contributed by atoms with Crippen LogP contribution in [-0.4, -0.2) is 33.4 Å². The van der Waals surface area contributed by atoms with E-state index in [0.717, 1.165) is 31.2 Å². The highest BCUT2D eigenvalue weighted by Gasteiger charge is 2.21. The quantitative estimate of drug-likeness (QED) is 0.154. The third kappa shape index (κ3) is 7.77. The van der Waals surface area contributed by atoms with Gasteiger partial charge in [-0.15, -0.1) is 0 Å². The molecule has 0 aliphatic rings. The zero-order valence-electron chi connectivity index (χ0n) is 21.9. The Balaban J connectivity index is 1.79. The van der Waals surface area contributed by atoms with E-state index < -0.39 is 5.60 Å². The first-order valence-electron chi connectivity index (χ1n) is 12.6. The maximum absolute atomic E-state index is 12.2. The molecule has 2 aromatic heterocycles. The Morgan fingerprint density at radius 2 is 1.83 bits per heavy atom. The molecule has 7 nitrogen and oxygen atoms in total. The van der Waals surface area contributed by atoms with Crippen LogP contribution in [0.2, 0.25) is 0 Å². The fraction of sp³-hybridized carbons (Fsp3) is 0.448. The molecule has 3 aromatic rings. The number of hydrogen-bond acceptors (Lipinski definition) is 7. The molecule has 0 aliphatic carbocycles. The highest BCUT2D eigenvalue weighted by Crippen LogP contribution is 2.38. The summed E-state index contributed by atoms with van der Waals surface area (Å²) in [5.41, 5.74) is 1.52.